The molecule has 0 bridgehead atoms. The van der Waals surface area contributed by atoms with Crippen molar-refractivity contribution in [2.45, 2.75) is 42.9 Å². The third kappa shape index (κ3) is 4.90. The Kier molecular flexibility index (Phi) is 8.05. The van der Waals surface area contributed by atoms with Crippen LogP contribution in [-0.4, -0.2) is 64.1 Å². The summed E-state index contributed by atoms with van der Waals surface area (Å²) in [5, 5.41) is 29.1. The average molecular weight is 644 g/mol. The van der Waals surface area contributed by atoms with Gasteiger partial charge in [0.1, 0.15) is 22.3 Å². The number of benzene rings is 2. The van der Waals surface area contributed by atoms with Crippen molar-refractivity contribution in [3.63, 3.8) is 0 Å². The molecule has 11 nitrogen and oxygen atoms in total. The highest BCUT2D eigenvalue weighted by atomic mass is 35.5. The van der Waals surface area contributed by atoms with E-state index < -0.39 is 52.8 Å². The zero-order valence-corrected chi connectivity index (χ0v) is 24.9. The Morgan fingerprint density at radius 3 is 2.73 bits per heavy atom. The van der Waals surface area contributed by atoms with Gasteiger partial charge in [-0.2, -0.15) is 0 Å². The molecule has 6 rings (SSSR count). The number of nitrogens with one attached hydrogen (secondary N) is 2. The third-order valence-electron chi connectivity index (χ3n) is 8.81. The Hall–Kier alpha value is -3.68. The van der Waals surface area contributed by atoms with Crippen LogP contribution in [0.2, 0.25) is 10.2 Å². The van der Waals surface area contributed by atoms with Gasteiger partial charge in [0.2, 0.25) is 0 Å². The summed E-state index contributed by atoms with van der Waals surface area (Å²) in [7, 11) is 1.18. The first-order valence-electron chi connectivity index (χ1n) is 14.0. The fraction of sp³-hybridized carbons (Fsp3) is 0.367. The van der Waals surface area contributed by atoms with Gasteiger partial charge in [0, 0.05) is 42.2 Å². The average Bonchev–Trinajstić information content (AvgIpc) is 3.73. The Labute approximate surface area is 261 Å². The number of hydrogen-bond acceptors (Lipinski definition) is 9. The number of halogens is 3. The van der Waals surface area contributed by atoms with Gasteiger partial charge in [0.15, 0.2) is 0 Å². The van der Waals surface area contributed by atoms with Crippen molar-refractivity contribution in [1.82, 2.24) is 15.2 Å². The van der Waals surface area contributed by atoms with Crippen molar-refractivity contribution in [3.8, 4) is 0 Å². The first-order chi connectivity index (χ1) is 21.1. The molecular formula is C30H28Cl2FN5O6. The van der Waals surface area contributed by atoms with Crippen molar-refractivity contribution in [3.05, 3.63) is 96.9 Å². The summed E-state index contributed by atoms with van der Waals surface area (Å²) in [5.41, 5.74) is -0.975. The minimum atomic E-state index is -1.52. The number of nitrogens with zero attached hydrogens (tertiary/aromatic N) is 3. The lowest BCUT2D eigenvalue weighted by atomic mass is 9.73. The summed E-state index contributed by atoms with van der Waals surface area (Å²) in [6.07, 6.45) is 1.87. The molecule has 3 N–H and O–H groups in total. The molecule has 2 fully saturated rings. The number of esters is 1. The van der Waals surface area contributed by atoms with Crippen molar-refractivity contribution in [2.24, 2.45) is 5.92 Å². The molecule has 2 aromatic carbocycles. The highest BCUT2D eigenvalue weighted by Crippen LogP contribution is 2.58. The molecule has 2 aliphatic heterocycles. The number of ether oxygens (including phenoxy) is 1. The van der Waals surface area contributed by atoms with Crippen LogP contribution in [0.1, 0.15) is 45.8 Å². The number of nitro benzene ring substituents is 1. The molecule has 1 aliphatic carbocycles. The topological polar surface area (TPSA) is 147 Å². The van der Waals surface area contributed by atoms with Crippen LogP contribution in [0, 0.1) is 21.8 Å². The highest BCUT2D eigenvalue weighted by molar-refractivity contribution is 6.31. The predicted octanol–water partition coefficient (Wildman–Crippen LogP) is 4.40. The number of carbonyl (C=O) groups excluding carboxylic acids is 2. The fourth-order valence-corrected chi connectivity index (χ4v) is 7.06. The summed E-state index contributed by atoms with van der Waals surface area (Å²) < 4.78 is 20.7. The number of hydrogen-bond donors (Lipinski definition) is 3. The molecule has 1 saturated carbocycles. The summed E-state index contributed by atoms with van der Waals surface area (Å²) in [6.45, 7) is -0.0678. The number of methoxy groups -OCH3 is 1. The summed E-state index contributed by atoms with van der Waals surface area (Å²) in [5.74, 6) is -2.36. The molecule has 14 heteroatoms. The van der Waals surface area contributed by atoms with Crippen LogP contribution in [0.15, 0.2) is 48.5 Å². The second-order valence-corrected chi connectivity index (χ2v) is 12.0. The number of aliphatic hydroxyl groups is 1. The lowest BCUT2D eigenvalue weighted by molar-refractivity contribution is -0.385. The van der Waals surface area contributed by atoms with Crippen LogP contribution in [0.3, 0.4) is 0 Å². The molecule has 4 atom stereocenters. The molecule has 1 amide bonds. The van der Waals surface area contributed by atoms with Crippen molar-refractivity contribution < 1.29 is 28.7 Å². The number of aliphatic hydroxyl groups excluding tert-OH is 1. The van der Waals surface area contributed by atoms with Crippen molar-refractivity contribution in [1.29, 1.82) is 0 Å². The number of fused-ring (bicyclic) bond motifs is 2. The van der Waals surface area contributed by atoms with Gasteiger partial charge in [-0.05, 0) is 48.6 Å². The minimum Gasteiger partial charge on any atom is -0.465 e. The van der Waals surface area contributed by atoms with Crippen LogP contribution < -0.4 is 10.6 Å². The van der Waals surface area contributed by atoms with E-state index in [1.165, 1.54) is 25.3 Å². The lowest BCUT2D eigenvalue weighted by Gasteiger charge is -2.39. The van der Waals surface area contributed by atoms with Gasteiger partial charge in [-0.3, -0.25) is 19.8 Å². The first kappa shape index (κ1) is 30.4. The quantitative estimate of drug-likeness (QED) is 0.134. The maximum Gasteiger partial charge on any atom is 0.338 e. The number of amides is 1. The van der Waals surface area contributed by atoms with Gasteiger partial charge in [-0.15, -0.1) is 0 Å². The van der Waals surface area contributed by atoms with E-state index >= 15 is 4.39 Å². The molecule has 1 saturated heterocycles. The standard InChI is InChI=1S/C30H28Cl2FN5O6/c1-44-28(40)16-7-8-17(21(11-16)38(42)43)12-34-26-22(14-39)37(13-15-5-6-15)30(24(26)18-3-2-4-20(31)25(18)33)19-9-10-23(32)35-27(19)36-29(30)41/h2-4,7-11,15,22,24,26,34,39H,5-6,12-14H2,1H3,(H,35,36,41)/t22-,24-,26+,30+/m0/s1. The van der Waals surface area contributed by atoms with E-state index in [0.29, 0.717) is 12.1 Å². The van der Waals surface area contributed by atoms with Crippen molar-refractivity contribution >= 4 is 46.6 Å². The minimum absolute atomic E-state index is 0.0101. The highest BCUT2D eigenvalue weighted by Gasteiger charge is 2.67. The normalized spacial score (nSPS) is 24.4. The summed E-state index contributed by atoms with van der Waals surface area (Å²) in [6, 6.07) is 10.3. The molecule has 3 aliphatic rings. The third-order valence-corrected chi connectivity index (χ3v) is 9.32. The van der Waals surface area contributed by atoms with Crippen LogP contribution in [0.4, 0.5) is 15.9 Å². The number of carbonyl (C=O) groups is 2. The number of pyridine rings is 1. The van der Waals surface area contributed by atoms with Gasteiger partial charge < -0.3 is 20.5 Å². The first-order valence-corrected chi connectivity index (χ1v) is 14.8. The Bertz CT molecular complexity index is 1670. The van der Waals surface area contributed by atoms with Crippen LogP contribution in [0.5, 0.6) is 0 Å². The molecule has 1 spiro atoms. The van der Waals surface area contributed by atoms with Gasteiger partial charge in [0.05, 0.1) is 35.3 Å². The van der Waals surface area contributed by atoms with Gasteiger partial charge in [-0.25, -0.2) is 14.2 Å². The second kappa shape index (κ2) is 11.7. The number of anilines is 1. The van der Waals surface area contributed by atoms with Crippen LogP contribution in [0.25, 0.3) is 0 Å². The Morgan fingerprint density at radius 2 is 2.05 bits per heavy atom. The number of likely N-dealkylation sites (tertiary alicyclic amines) is 1. The van der Waals surface area contributed by atoms with Gasteiger partial charge in [-0.1, -0.05) is 41.4 Å². The van der Waals surface area contributed by atoms with E-state index in [1.807, 2.05) is 4.90 Å². The number of aromatic nitrogens is 1. The van der Waals surface area contributed by atoms with Crippen molar-refractivity contribution in [2.75, 3.05) is 25.6 Å². The predicted molar refractivity (Wildman–Crippen MR) is 159 cm³/mol. The largest absolute Gasteiger partial charge is 0.465 e. The number of rotatable bonds is 9. The number of nitro groups is 1. The van der Waals surface area contributed by atoms with E-state index in [2.05, 4.69) is 15.6 Å². The molecule has 0 radical (unpaired) electrons. The van der Waals surface area contributed by atoms with Crippen LogP contribution >= 0.6 is 23.2 Å². The fourth-order valence-electron chi connectivity index (χ4n) is 6.73. The monoisotopic (exact) mass is 643 g/mol. The smallest absolute Gasteiger partial charge is 0.338 e. The molecule has 1 aromatic heterocycles. The summed E-state index contributed by atoms with van der Waals surface area (Å²) >= 11 is 12.5. The van der Waals surface area contributed by atoms with Gasteiger partial charge in [0.25, 0.3) is 11.6 Å². The van der Waals surface area contributed by atoms with E-state index in [-0.39, 0.29) is 50.8 Å². The zero-order valence-electron chi connectivity index (χ0n) is 23.4. The van der Waals surface area contributed by atoms with Gasteiger partial charge >= 0.3 is 5.97 Å². The molecule has 3 heterocycles. The second-order valence-electron chi connectivity index (χ2n) is 11.2. The maximum absolute atomic E-state index is 16.0. The molecule has 44 heavy (non-hydrogen) atoms. The van der Waals surface area contributed by atoms with E-state index in [9.17, 15) is 24.8 Å². The SMILES string of the molecule is COC(=O)c1ccc(CN[C@@H]2[C@H](CO)N(CC3CC3)[C@@]3(C(=O)Nc4nc(Cl)ccc43)[C@H]2c2cccc(Cl)c2F)c([N+](=O)[O-])c1. The maximum atomic E-state index is 16.0. The molecule has 230 valence electrons. The van der Waals surface area contributed by atoms with E-state index in [0.717, 1.165) is 18.9 Å². The Balaban J connectivity index is 1.51. The van der Waals surface area contributed by atoms with E-state index in [4.69, 9.17) is 27.9 Å². The summed E-state index contributed by atoms with van der Waals surface area (Å²) in [4.78, 5) is 44.0. The molecule has 0 unspecified atom stereocenters. The molecule has 3 aromatic rings. The lowest BCUT2D eigenvalue weighted by Crippen LogP contribution is -2.53. The zero-order chi connectivity index (χ0) is 31.3. The molecular weight excluding hydrogens is 616 g/mol. The Morgan fingerprint density at radius 1 is 1.27 bits per heavy atom. The van der Waals surface area contributed by atoms with E-state index in [1.54, 1.807) is 24.3 Å². The van der Waals surface area contributed by atoms with Crippen LogP contribution in [-0.2, 0) is 21.6 Å².